The van der Waals surface area contributed by atoms with Crippen LogP contribution in [0.1, 0.15) is 52.4 Å². The van der Waals surface area contributed by atoms with Gasteiger partial charge in [0.05, 0.1) is 0 Å². The molecule has 0 aromatic rings. The predicted octanol–water partition coefficient (Wildman–Crippen LogP) is 1.25. The SMILES string of the molecule is CC(C)NC(=O)CCN1C2CCCC1CC(N)C2. The number of amides is 1. The van der Waals surface area contributed by atoms with Gasteiger partial charge in [-0.2, -0.15) is 0 Å². The van der Waals surface area contributed by atoms with Gasteiger partial charge >= 0.3 is 0 Å². The molecule has 4 nitrogen and oxygen atoms in total. The molecule has 104 valence electrons. The monoisotopic (exact) mass is 253 g/mol. The molecule has 2 atom stereocenters. The Balaban J connectivity index is 1.83. The molecule has 0 aromatic carbocycles. The topological polar surface area (TPSA) is 58.4 Å². The maximum atomic E-state index is 11.7. The molecule has 2 unspecified atom stereocenters. The summed E-state index contributed by atoms with van der Waals surface area (Å²) in [6, 6.07) is 1.87. The molecule has 1 amide bonds. The summed E-state index contributed by atoms with van der Waals surface area (Å²) in [4.78, 5) is 14.3. The van der Waals surface area contributed by atoms with Crippen molar-refractivity contribution in [1.29, 1.82) is 0 Å². The summed E-state index contributed by atoms with van der Waals surface area (Å²) in [6.45, 7) is 4.92. The van der Waals surface area contributed by atoms with Gasteiger partial charge in [-0.05, 0) is 39.5 Å². The van der Waals surface area contributed by atoms with Gasteiger partial charge in [0, 0.05) is 37.1 Å². The number of nitrogens with one attached hydrogen (secondary N) is 1. The summed E-state index contributed by atoms with van der Waals surface area (Å²) in [5.41, 5.74) is 6.10. The fourth-order valence-corrected chi connectivity index (χ4v) is 3.51. The molecule has 0 radical (unpaired) electrons. The van der Waals surface area contributed by atoms with Crippen molar-refractivity contribution in [2.24, 2.45) is 5.73 Å². The van der Waals surface area contributed by atoms with Gasteiger partial charge in [0.15, 0.2) is 0 Å². The molecule has 2 aliphatic rings. The first-order chi connectivity index (χ1) is 8.56. The predicted molar refractivity (Wildman–Crippen MR) is 73.2 cm³/mol. The number of hydrogen-bond acceptors (Lipinski definition) is 3. The van der Waals surface area contributed by atoms with Gasteiger partial charge in [0.1, 0.15) is 0 Å². The lowest BCUT2D eigenvalue weighted by atomic mass is 9.82. The van der Waals surface area contributed by atoms with E-state index in [1.54, 1.807) is 0 Å². The van der Waals surface area contributed by atoms with E-state index in [0.29, 0.717) is 24.5 Å². The number of piperidine rings is 2. The van der Waals surface area contributed by atoms with Crippen molar-refractivity contribution in [3.05, 3.63) is 0 Å². The highest BCUT2D eigenvalue weighted by molar-refractivity contribution is 5.76. The molecule has 18 heavy (non-hydrogen) atoms. The van der Waals surface area contributed by atoms with Crippen molar-refractivity contribution in [1.82, 2.24) is 10.2 Å². The van der Waals surface area contributed by atoms with Crippen LogP contribution in [-0.4, -0.2) is 41.5 Å². The second-order valence-electron chi connectivity index (χ2n) is 6.18. The number of fused-ring (bicyclic) bond motifs is 2. The zero-order chi connectivity index (χ0) is 13.1. The number of hydrogen-bond donors (Lipinski definition) is 2. The smallest absolute Gasteiger partial charge is 0.221 e. The Kier molecular flexibility index (Phi) is 4.62. The van der Waals surface area contributed by atoms with E-state index in [4.69, 9.17) is 5.73 Å². The molecule has 4 heteroatoms. The molecule has 3 N–H and O–H groups in total. The second-order valence-corrected chi connectivity index (χ2v) is 6.18. The van der Waals surface area contributed by atoms with Crippen LogP contribution in [0.4, 0.5) is 0 Å². The molecular formula is C14H27N3O. The average molecular weight is 253 g/mol. The normalized spacial score (nSPS) is 32.6. The Bertz CT molecular complexity index is 279. The summed E-state index contributed by atoms with van der Waals surface area (Å²) in [6.07, 6.45) is 6.70. The van der Waals surface area contributed by atoms with Gasteiger partial charge in [0.2, 0.25) is 5.91 Å². The fraction of sp³-hybridized carbons (Fsp3) is 0.929. The van der Waals surface area contributed by atoms with Crippen molar-refractivity contribution in [2.45, 2.75) is 76.5 Å². The van der Waals surface area contributed by atoms with Crippen molar-refractivity contribution in [3.63, 3.8) is 0 Å². The van der Waals surface area contributed by atoms with Crippen molar-refractivity contribution in [3.8, 4) is 0 Å². The van der Waals surface area contributed by atoms with Crippen LogP contribution >= 0.6 is 0 Å². The maximum absolute atomic E-state index is 11.7. The van der Waals surface area contributed by atoms with E-state index in [1.807, 2.05) is 13.8 Å². The Morgan fingerprint density at radius 1 is 1.33 bits per heavy atom. The molecule has 2 fully saturated rings. The zero-order valence-electron chi connectivity index (χ0n) is 11.7. The van der Waals surface area contributed by atoms with Crippen molar-refractivity contribution in [2.75, 3.05) is 6.54 Å². The average Bonchev–Trinajstić information content (AvgIpc) is 2.25. The van der Waals surface area contributed by atoms with Gasteiger partial charge in [0.25, 0.3) is 0 Å². The molecule has 2 rings (SSSR count). The van der Waals surface area contributed by atoms with Crippen LogP contribution in [0.3, 0.4) is 0 Å². The quantitative estimate of drug-likeness (QED) is 0.792. The number of carbonyl (C=O) groups excluding carboxylic acids is 1. The molecule has 2 bridgehead atoms. The van der Waals surface area contributed by atoms with Gasteiger partial charge < -0.3 is 11.1 Å². The minimum absolute atomic E-state index is 0.179. The first-order valence-electron chi connectivity index (χ1n) is 7.37. The Hall–Kier alpha value is -0.610. The van der Waals surface area contributed by atoms with Gasteiger partial charge in [-0.1, -0.05) is 6.42 Å². The Labute approximate surface area is 110 Å². The molecule has 0 aromatic heterocycles. The Morgan fingerprint density at radius 2 is 1.94 bits per heavy atom. The van der Waals surface area contributed by atoms with Crippen LogP contribution in [0.2, 0.25) is 0 Å². The van der Waals surface area contributed by atoms with E-state index < -0.39 is 0 Å². The van der Waals surface area contributed by atoms with E-state index in [0.717, 1.165) is 19.4 Å². The molecule has 2 heterocycles. The Morgan fingerprint density at radius 3 is 2.50 bits per heavy atom. The molecule has 0 saturated carbocycles. The first kappa shape index (κ1) is 13.8. The summed E-state index contributed by atoms with van der Waals surface area (Å²) in [7, 11) is 0. The third-order valence-corrected chi connectivity index (χ3v) is 4.21. The van der Waals surface area contributed by atoms with E-state index in [1.165, 1.54) is 19.3 Å². The lowest BCUT2D eigenvalue weighted by Crippen LogP contribution is -2.55. The summed E-state index contributed by atoms with van der Waals surface area (Å²) in [5, 5.41) is 2.97. The van der Waals surface area contributed by atoms with E-state index in [9.17, 15) is 4.79 Å². The molecule has 0 aliphatic carbocycles. The summed E-state index contributed by atoms with van der Waals surface area (Å²) in [5.74, 6) is 0.179. The van der Waals surface area contributed by atoms with Crippen LogP contribution in [0, 0.1) is 0 Å². The van der Waals surface area contributed by atoms with E-state index in [2.05, 4.69) is 10.2 Å². The lowest BCUT2D eigenvalue weighted by Gasteiger charge is -2.48. The highest BCUT2D eigenvalue weighted by Gasteiger charge is 2.36. The third-order valence-electron chi connectivity index (χ3n) is 4.21. The summed E-state index contributed by atoms with van der Waals surface area (Å²) < 4.78 is 0. The molecule has 2 saturated heterocycles. The van der Waals surface area contributed by atoms with Gasteiger partial charge in [-0.15, -0.1) is 0 Å². The molecule has 0 spiro atoms. The van der Waals surface area contributed by atoms with Crippen LogP contribution < -0.4 is 11.1 Å². The van der Waals surface area contributed by atoms with Crippen LogP contribution in [-0.2, 0) is 4.79 Å². The number of nitrogens with two attached hydrogens (primary N) is 1. The fourth-order valence-electron chi connectivity index (χ4n) is 3.51. The highest BCUT2D eigenvalue weighted by Crippen LogP contribution is 2.33. The van der Waals surface area contributed by atoms with E-state index >= 15 is 0 Å². The van der Waals surface area contributed by atoms with Gasteiger partial charge in [-0.25, -0.2) is 0 Å². The van der Waals surface area contributed by atoms with Crippen LogP contribution in [0.5, 0.6) is 0 Å². The largest absolute Gasteiger partial charge is 0.354 e. The number of carbonyl (C=O) groups is 1. The minimum atomic E-state index is 0.179. The highest BCUT2D eigenvalue weighted by atomic mass is 16.1. The van der Waals surface area contributed by atoms with Crippen molar-refractivity contribution < 1.29 is 4.79 Å². The molecule has 2 aliphatic heterocycles. The standard InChI is InChI=1S/C14H27N3O/c1-10(2)16-14(18)6-7-17-12-4-3-5-13(17)9-11(15)8-12/h10-13H,3-9,15H2,1-2H3,(H,16,18). The maximum Gasteiger partial charge on any atom is 0.221 e. The van der Waals surface area contributed by atoms with Crippen LogP contribution in [0.15, 0.2) is 0 Å². The summed E-state index contributed by atoms with van der Waals surface area (Å²) >= 11 is 0. The lowest BCUT2D eigenvalue weighted by molar-refractivity contribution is -0.122. The second kappa shape index (κ2) is 6.02. The third kappa shape index (κ3) is 3.45. The first-order valence-corrected chi connectivity index (χ1v) is 7.37. The van der Waals surface area contributed by atoms with Crippen LogP contribution in [0.25, 0.3) is 0 Å². The minimum Gasteiger partial charge on any atom is -0.354 e. The van der Waals surface area contributed by atoms with E-state index in [-0.39, 0.29) is 11.9 Å². The molecular weight excluding hydrogens is 226 g/mol. The number of rotatable bonds is 4. The van der Waals surface area contributed by atoms with Crippen molar-refractivity contribution >= 4 is 5.91 Å². The number of nitrogens with zero attached hydrogens (tertiary/aromatic N) is 1. The zero-order valence-corrected chi connectivity index (χ0v) is 11.7. The van der Waals surface area contributed by atoms with Gasteiger partial charge in [-0.3, -0.25) is 9.69 Å².